The number of aliphatic hydroxyl groups is 1. The van der Waals surface area contributed by atoms with E-state index in [1.54, 1.807) is 12.3 Å². The average Bonchev–Trinajstić information content (AvgIpc) is 2.41. The number of pyridine rings is 1. The van der Waals surface area contributed by atoms with Gasteiger partial charge in [0.2, 0.25) is 0 Å². The van der Waals surface area contributed by atoms with E-state index in [0.717, 1.165) is 25.8 Å². The number of carbonyl (C=O) groups excluding carboxylic acids is 1. The van der Waals surface area contributed by atoms with Gasteiger partial charge in [0.25, 0.3) is 5.91 Å². The molecule has 1 unspecified atom stereocenters. The summed E-state index contributed by atoms with van der Waals surface area (Å²) in [6.45, 7) is 3.50. The lowest BCUT2D eigenvalue weighted by Crippen LogP contribution is -2.40. The third-order valence-electron chi connectivity index (χ3n) is 3.68. The van der Waals surface area contributed by atoms with Crippen molar-refractivity contribution in [3.05, 3.63) is 23.5 Å². The number of nitrogens with zero attached hydrogens (tertiary/aromatic N) is 2. The second-order valence-corrected chi connectivity index (χ2v) is 5.17. The lowest BCUT2D eigenvalue weighted by molar-refractivity contribution is 0.0652. The number of carbonyl (C=O) groups is 1. The molecule has 1 amide bonds. The molecule has 0 spiro atoms. The lowest BCUT2D eigenvalue weighted by atomic mass is 9.94. The molecule has 0 radical (unpaired) electrons. The minimum Gasteiger partial charge on any atom is -0.397 e. The van der Waals surface area contributed by atoms with Crippen molar-refractivity contribution in [1.29, 1.82) is 0 Å². The maximum Gasteiger partial charge on any atom is 0.255 e. The van der Waals surface area contributed by atoms with E-state index in [9.17, 15) is 4.79 Å². The topological polar surface area (TPSA) is 79.5 Å². The number of nitrogens with two attached hydrogens (primary N) is 1. The number of nitrogen functional groups attached to an aromatic ring is 1. The Morgan fingerprint density at radius 1 is 1.63 bits per heavy atom. The van der Waals surface area contributed by atoms with Crippen LogP contribution in [0.5, 0.6) is 0 Å². The number of hydrogen-bond donors (Lipinski definition) is 2. The summed E-state index contributed by atoms with van der Waals surface area (Å²) in [5, 5.41) is 9.01. The summed E-state index contributed by atoms with van der Waals surface area (Å²) in [4.78, 5) is 18.5. The first kappa shape index (κ1) is 13.8. The zero-order valence-electron chi connectivity index (χ0n) is 11.3. The van der Waals surface area contributed by atoms with Gasteiger partial charge < -0.3 is 15.7 Å². The van der Waals surface area contributed by atoms with Gasteiger partial charge in [-0.05, 0) is 38.2 Å². The molecule has 2 heterocycles. The molecule has 1 aliphatic heterocycles. The van der Waals surface area contributed by atoms with Gasteiger partial charge in [-0.25, -0.2) is 0 Å². The number of hydrogen-bond acceptors (Lipinski definition) is 4. The minimum atomic E-state index is -0.0000557. The summed E-state index contributed by atoms with van der Waals surface area (Å²) in [5.74, 6) is 0.400. The van der Waals surface area contributed by atoms with Gasteiger partial charge in [0.05, 0.1) is 23.1 Å². The van der Waals surface area contributed by atoms with E-state index in [1.807, 2.05) is 11.8 Å². The Labute approximate surface area is 113 Å². The van der Waals surface area contributed by atoms with Crippen LogP contribution in [0.3, 0.4) is 0 Å². The van der Waals surface area contributed by atoms with Crippen molar-refractivity contribution in [1.82, 2.24) is 9.88 Å². The van der Waals surface area contributed by atoms with Crippen LogP contribution in [0.1, 0.15) is 35.3 Å². The molecule has 0 aromatic carbocycles. The van der Waals surface area contributed by atoms with E-state index in [1.165, 1.54) is 0 Å². The number of aryl methyl sites for hydroxylation is 1. The van der Waals surface area contributed by atoms with Gasteiger partial charge in [0, 0.05) is 19.7 Å². The number of aromatic nitrogens is 1. The Hall–Kier alpha value is -1.62. The molecule has 5 nitrogen and oxygen atoms in total. The smallest absolute Gasteiger partial charge is 0.255 e. The molecular formula is C14H21N3O2. The van der Waals surface area contributed by atoms with E-state index in [4.69, 9.17) is 10.8 Å². The lowest BCUT2D eigenvalue weighted by Gasteiger charge is -2.32. The molecule has 5 heteroatoms. The normalized spacial score (nSPS) is 19.5. The molecule has 1 saturated heterocycles. The molecule has 19 heavy (non-hydrogen) atoms. The number of amides is 1. The van der Waals surface area contributed by atoms with Gasteiger partial charge >= 0.3 is 0 Å². The van der Waals surface area contributed by atoms with Crippen LogP contribution in [0, 0.1) is 12.8 Å². The molecule has 0 bridgehead atoms. The first-order valence-electron chi connectivity index (χ1n) is 6.74. The number of anilines is 1. The Bertz CT molecular complexity index is 460. The van der Waals surface area contributed by atoms with Crippen LogP contribution in [0.15, 0.2) is 12.3 Å². The first-order valence-corrected chi connectivity index (χ1v) is 6.74. The van der Waals surface area contributed by atoms with E-state index in [2.05, 4.69) is 4.98 Å². The second kappa shape index (κ2) is 6.02. The second-order valence-electron chi connectivity index (χ2n) is 5.17. The summed E-state index contributed by atoms with van der Waals surface area (Å²) < 4.78 is 0. The number of aliphatic hydroxyl groups excluding tert-OH is 1. The Kier molecular flexibility index (Phi) is 4.37. The highest BCUT2D eigenvalue weighted by molar-refractivity contribution is 5.96. The molecule has 1 atom stereocenters. The summed E-state index contributed by atoms with van der Waals surface area (Å²) in [6.07, 6.45) is 4.40. The molecular weight excluding hydrogens is 242 g/mol. The molecule has 1 aromatic rings. The molecule has 2 rings (SSSR count). The van der Waals surface area contributed by atoms with Crippen molar-refractivity contribution < 1.29 is 9.90 Å². The van der Waals surface area contributed by atoms with Crippen LogP contribution in [0.4, 0.5) is 5.69 Å². The molecule has 1 fully saturated rings. The summed E-state index contributed by atoms with van der Waals surface area (Å²) in [7, 11) is 0. The fraction of sp³-hybridized carbons (Fsp3) is 0.571. The molecule has 0 aliphatic carbocycles. The van der Waals surface area contributed by atoms with E-state index in [0.29, 0.717) is 29.4 Å². The standard InChI is InChI=1S/C14H21N3O2/c1-10-13(7-12(15)8-16-10)14(19)17-5-2-3-11(9-17)4-6-18/h7-8,11,18H,2-6,9,15H2,1H3. The fourth-order valence-corrected chi connectivity index (χ4v) is 2.60. The molecule has 0 saturated carbocycles. The van der Waals surface area contributed by atoms with Gasteiger partial charge in [0.1, 0.15) is 0 Å². The Morgan fingerprint density at radius 2 is 2.42 bits per heavy atom. The summed E-state index contributed by atoms with van der Waals surface area (Å²) in [6, 6.07) is 1.69. The van der Waals surface area contributed by atoms with Crippen LogP contribution in [0.25, 0.3) is 0 Å². The molecule has 1 aromatic heterocycles. The van der Waals surface area contributed by atoms with Crippen molar-refractivity contribution in [2.45, 2.75) is 26.2 Å². The largest absolute Gasteiger partial charge is 0.397 e. The third kappa shape index (κ3) is 3.23. The van der Waals surface area contributed by atoms with Gasteiger partial charge in [0.15, 0.2) is 0 Å². The zero-order valence-corrected chi connectivity index (χ0v) is 11.3. The third-order valence-corrected chi connectivity index (χ3v) is 3.68. The Balaban J connectivity index is 2.12. The van der Waals surface area contributed by atoms with Crippen molar-refractivity contribution in [3.8, 4) is 0 Å². The number of piperidine rings is 1. The van der Waals surface area contributed by atoms with E-state index >= 15 is 0 Å². The van der Waals surface area contributed by atoms with Crippen molar-refractivity contribution >= 4 is 11.6 Å². The van der Waals surface area contributed by atoms with E-state index < -0.39 is 0 Å². The summed E-state index contributed by atoms with van der Waals surface area (Å²) in [5.41, 5.74) is 7.51. The zero-order chi connectivity index (χ0) is 13.8. The van der Waals surface area contributed by atoms with Gasteiger partial charge in [-0.1, -0.05) is 0 Å². The molecule has 3 N–H and O–H groups in total. The van der Waals surface area contributed by atoms with Crippen molar-refractivity contribution in [2.24, 2.45) is 5.92 Å². The fourth-order valence-electron chi connectivity index (χ4n) is 2.60. The van der Waals surface area contributed by atoms with E-state index in [-0.39, 0.29) is 12.5 Å². The maximum absolute atomic E-state index is 12.5. The maximum atomic E-state index is 12.5. The van der Waals surface area contributed by atoms with Crippen LogP contribution in [-0.4, -0.2) is 40.6 Å². The highest BCUT2D eigenvalue weighted by Crippen LogP contribution is 2.22. The monoisotopic (exact) mass is 263 g/mol. The van der Waals surface area contributed by atoms with Crippen LogP contribution >= 0.6 is 0 Å². The molecule has 1 aliphatic rings. The highest BCUT2D eigenvalue weighted by Gasteiger charge is 2.25. The van der Waals surface area contributed by atoms with Gasteiger partial charge in [-0.2, -0.15) is 0 Å². The SMILES string of the molecule is Cc1ncc(N)cc1C(=O)N1CCCC(CCO)C1. The van der Waals surface area contributed by atoms with Crippen molar-refractivity contribution in [2.75, 3.05) is 25.4 Å². The van der Waals surface area contributed by atoms with Crippen LogP contribution < -0.4 is 5.73 Å². The predicted octanol–water partition coefficient (Wildman–Crippen LogP) is 1.21. The Morgan fingerprint density at radius 3 is 3.16 bits per heavy atom. The minimum absolute atomic E-state index is 0.0000557. The van der Waals surface area contributed by atoms with Crippen LogP contribution in [0.2, 0.25) is 0 Å². The number of likely N-dealkylation sites (tertiary alicyclic amines) is 1. The molecule has 104 valence electrons. The van der Waals surface area contributed by atoms with Crippen LogP contribution in [-0.2, 0) is 0 Å². The highest BCUT2D eigenvalue weighted by atomic mass is 16.3. The predicted molar refractivity (Wildman–Crippen MR) is 73.7 cm³/mol. The quantitative estimate of drug-likeness (QED) is 0.859. The number of rotatable bonds is 3. The summed E-state index contributed by atoms with van der Waals surface area (Å²) >= 11 is 0. The average molecular weight is 263 g/mol. The first-order chi connectivity index (χ1) is 9.11. The van der Waals surface area contributed by atoms with Gasteiger partial charge in [-0.15, -0.1) is 0 Å². The van der Waals surface area contributed by atoms with Gasteiger partial charge in [-0.3, -0.25) is 9.78 Å². The van der Waals surface area contributed by atoms with Crippen molar-refractivity contribution in [3.63, 3.8) is 0 Å².